The Balaban J connectivity index is 1.91. The third-order valence-corrected chi connectivity index (χ3v) is 3.97. The van der Waals surface area contributed by atoms with Gasteiger partial charge in [-0.05, 0) is 36.2 Å². The second-order valence-electron chi connectivity index (χ2n) is 5.14. The van der Waals surface area contributed by atoms with E-state index in [0.717, 1.165) is 16.1 Å². The molecule has 0 radical (unpaired) electrons. The van der Waals surface area contributed by atoms with Gasteiger partial charge in [0.05, 0.1) is 11.6 Å². The van der Waals surface area contributed by atoms with Gasteiger partial charge in [-0.2, -0.15) is 0 Å². The molecule has 0 aromatic heterocycles. The summed E-state index contributed by atoms with van der Waals surface area (Å²) in [6, 6.07) is 12.9. The maximum atomic E-state index is 13.5. The largest absolute Gasteiger partial charge is 0.452 e. The van der Waals surface area contributed by atoms with Gasteiger partial charge in [-0.15, -0.1) is 0 Å². The first-order chi connectivity index (χ1) is 11.5. The van der Waals surface area contributed by atoms with Crippen molar-refractivity contribution in [2.75, 3.05) is 6.61 Å². The topological polar surface area (TPSA) is 55.4 Å². The third kappa shape index (κ3) is 4.89. The van der Waals surface area contributed by atoms with Gasteiger partial charge < -0.3 is 10.1 Å². The van der Waals surface area contributed by atoms with Crippen LogP contribution in [0.2, 0.25) is 0 Å². The van der Waals surface area contributed by atoms with Gasteiger partial charge in [0.2, 0.25) is 0 Å². The van der Waals surface area contributed by atoms with Gasteiger partial charge >= 0.3 is 5.97 Å². The molecule has 0 aliphatic heterocycles. The molecule has 4 nitrogen and oxygen atoms in total. The lowest BCUT2D eigenvalue weighted by atomic mass is 10.0. The van der Waals surface area contributed by atoms with Crippen LogP contribution in [0, 0.1) is 5.82 Å². The Labute approximate surface area is 148 Å². The Morgan fingerprint density at radius 2 is 1.83 bits per heavy atom. The summed E-state index contributed by atoms with van der Waals surface area (Å²) in [5.74, 6) is -1.97. The number of carbonyl (C=O) groups excluding carboxylic acids is 2. The highest BCUT2D eigenvalue weighted by atomic mass is 79.9. The van der Waals surface area contributed by atoms with Crippen molar-refractivity contribution in [1.29, 1.82) is 0 Å². The maximum Gasteiger partial charge on any atom is 0.341 e. The van der Waals surface area contributed by atoms with E-state index >= 15 is 0 Å². The van der Waals surface area contributed by atoms with Gasteiger partial charge in [0, 0.05) is 4.47 Å². The minimum absolute atomic E-state index is 0.183. The van der Waals surface area contributed by atoms with Gasteiger partial charge in [0.15, 0.2) is 6.61 Å². The number of hydrogen-bond acceptors (Lipinski definition) is 3. The van der Waals surface area contributed by atoms with E-state index in [1.165, 1.54) is 18.2 Å². The summed E-state index contributed by atoms with van der Waals surface area (Å²) >= 11 is 3.36. The second-order valence-corrected chi connectivity index (χ2v) is 6.05. The molecular weight excluding hydrogens is 377 g/mol. The number of benzene rings is 2. The highest BCUT2D eigenvalue weighted by Gasteiger charge is 2.16. The van der Waals surface area contributed by atoms with Gasteiger partial charge in [-0.1, -0.05) is 47.1 Å². The summed E-state index contributed by atoms with van der Waals surface area (Å²) < 4.78 is 19.3. The molecule has 0 aliphatic carbocycles. The summed E-state index contributed by atoms with van der Waals surface area (Å²) in [6.07, 6.45) is 0.689. The fraction of sp³-hybridized carbons (Fsp3) is 0.222. The first-order valence-electron chi connectivity index (χ1n) is 7.47. The van der Waals surface area contributed by atoms with Crippen LogP contribution in [-0.4, -0.2) is 18.5 Å². The maximum absolute atomic E-state index is 13.5. The molecule has 1 atom stereocenters. The third-order valence-electron chi connectivity index (χ3n) is 3.44. The Hall–Kier alpha value is -2.21. The molecule has 1 amide bonds. The van der Waals surface area contributed by atoms with Crippen molar-refractivity contribution in [2.24, 2.45) is 0 Å². The molecule has 24 heavy (non-hydrogen) atoms. The number of amides is 1. The molecule has 0 spiro atoms. The summed E-state index contributed by atoms with van der Waals surface area (Å²) in [4.78, 5) is 23.8. The van der Waals surface area contributed by atoms with Gasteiger partial charge in [0.25, 0.3) is 5.91 Å². The van der Waals surface area contributed by atoms with E-state index in [-0.39, 0.29) is 11.6 Å². The molecule has 0 saturated carbocycles. The fourth-order valence-corrected chi connectivity index (χ4v) is 2.45. The number of halogens is 2. The van der Waals surface area contributed by atoms with E-state index in [2.05, 4.69) is 21.2 Å². The molecule has 2 rings (SSSR count). The fourth-order valence-electron chi connectivity index (χ4n) is 2.19. The van der Waals surface area contributed by atoms with E-state index in [0.29, 0.717) is 6.42 Å². The SMILES string of the molecule is CC[C@H](NC(=O)COC(=O)c1ccccc1F)c1ccc(Br)cc1. The van der Waals surface area contributed by atoms with E-state index in [1.54, 1.807) is 0 Å². The first kappa shape index (κ1) is 18.1. The molecular formula is C18H17BrFNO3. The van der Waals surface area contributed by atoms with E-state index in [9.17, 15) is 14.0 Å². The summed E-state index contributed by atoms with van der Waals surface area (Å²) in [5.41, 5.74) is 0.764. The summed E-state index contributed by atoms with van der Waals surface area (Å²) in [7, 11) is 0. The Morgan fingerprint density at radius 3 is 2.46 bits per heavy atom. The molecule has 0 aliphatic rings. The number of ether oxygens (including phenoxy) is 1. The van der Waals surface area contributed by atoms with Gasteiger partial charge in [-0.3, -0.25) is 4.79 Å². The predicted molar refractivity (Wildman–Crippen MR) is 92.0 cm³/mol. The minimum atomic E-state index is -0.861. The van der Waals surface area contributed by atoms with E-state index in [1.807, 2.05) is 31.2 Å². The van der Waals surface area contributed by atoms with Crippen LogP contribution < -0.4 is 5.32 Å². The average Bonchev–Trinajstić information content (AvgIpc) is 2.59. The van der Waals surface area contributed by atoms with Crippen molar-refractivity contribution in [3.63, 3.8) is 0 Å². The van der Waals surface area contributed by atoms with Crippen LogP contribution in [0.1, 0.15) is 35.3 Å². The number of hydrogen-bond donors (Lipinski definition) is 1. The zero-order chi connectivity index (χ0) is 17.5. The van der Waals surface area contributed by atoms with Crippen molar-refractivity contribution >= 4 is 27.8 Å². The second kappa shape index (κ2) is 8.59. The highest BCUT2D eigenvalue weighted by molar-refractivity contribution is 9.10. The number of rotatable bonds is 6. The van der Waals surface area contributed by atoms with E-state index < -0.39 is 24.3 Å². The van der Waals surface area contributed by atoms with Crippen molar-refractivity contribution in [3.8, 4) is 0 Å². The van der Waals surface area contributed by atoms with Gasteiger partial charge in [0.1, 0.15) is 5.82 Å². The van der Waals surface area contributed by atoms with Crippen LogP contribution in [-0.2, 0) is 9.53 Å². The Kier molecular flexibility index (Phi) is 6.49. The van der Waals surface area contributed by atoms with Crippen LogP contribution >= 0.6 is 15.9 Å². The molecule has 0 bridgehead atoms. The smallest absolute Gasteiger partial charge is 0.341 e. The standard InChI is InChI=1S/C18H17BrFNO3/c1-2-16(12-7-9-13(19)10-8-12)21-17(22)11-24-18(23)14-5-3-4-6-15(14)20/h3-10,16H,2,11H2,1H3,(H,21,22)/t16-/m0/s1. The lowest BCUT2D eigenvalue weighted by Gasteiger charge is -2.17. The van der Waals surface area contributed by atoms with Crippen molar-refractivity contribution < 1.29 is 18.7 Å². The van der Waals surface area contributed by atoms with Crippen LogP contribution in [0.15, 0.2) is 53.0 Å². The minimum Gasteiger partial charge on any atom is -0.452 e. The van der Waals surface area contributed by atoms with Crippen LogP contribution in [0.25, 0.3) is 0 Å². The lowest BCUT2D eigenvalue weighted by Crippen LogP contribution is -2.32. The molecule has 0 heterocycles. The van der Waals surface area contributed by atoms with Gasteiger partial charge in [-0.25, -0.2) is 9.18 Å². The molecule has 1 N–H and O–H groups in total. The van der Waals surface area contributed by atoms with Crippen molar-refractivity contribution in [3.05, 3.63) is 69.9 Å². The molecule has 0 fully saturated rings. The van der Waals surface area contributed by atoms with E-state index in [4.69, 9.17) is 4.74 Å². The molecule has 126 valence electrons. The summed E-state index contributed by atoms with van der Waals surface area (Å²) in [5, 5.41) is 2.80. The van der Waals surface area contributed by atoms with Crippen molar-refractivity contribution in [1.82, 2.24) is 5.32 Å². The monoisotopic (exact) mass is 393 g/mol. The van der Waals surface area contributed by atoms with Crippen LogP contribution in [0.3, 0.4) is 0 Å². The Morgan fingerprint density at radius 1 is 1.17 bits per heavy atom. The lowest BCUT2D eigenvalue weighted by molar-refractivity contribution is -0.125. The average molecular weight is 394 g/mol. The molecule has 2 aromatic carbocycles. The van der Waals surface area contributed by atoms with Crippen LogP contribution in [0.5, 0.6) is 0 Å². The first-order valence-corrected chi connectivity index (χ1v) is 8.27. The number of nitrogens with one attached hydrogen (secondary N) is 1. The number of esters is 1. The zero-order valence-corrected chi connectivity index (χ0v) is 14.7. The molecule has 0 saturated heterocycles. The van der Waals surface area contributed by atoms with Crippen molar-refractivity contribution in [2.45, 2.75) is 19.4 Å². The number of carbonyl (C=O) groups is 2. The molecule has 0 unspecified atom stereocenters. The van der Waals surface area contributed by atoms with Crippen LogP contribution in [0.4, 0.5) is 4.39 Å². The summed E-state index contributed by atoms with van der Waals surface area (Å²) in [6.45, 7) is 1.48. The molecule has 2 aromatic rings. The quantitative estimate of drug-likeness (QED) is 0.754. The normalized spacial score (nSPS) is 11.6. The Bertz CT molecular complexity index is 718. The zero-order valence-electron chi connectivity index (χ0n) is 13.1. The predicted octanol–water partition coefficient (Wildman–Crippen LogP) is 4.01. The molecule has 6 heteroatoms. The highest BCUT2D eigenvalue weighted by Crippen LogP contribution is 2.19.